The Morgan fingerprint density at radius 2 is 2.10 bits per heavy atom. The van der Waals surface area contributed by atoms with Gasteiger partial charge in [0.2, 0.25) is 11.9 Å². The molecule has 1 aliphatic rings. The molecule has 1 aromatic rings. The molecule has 0 saturated carbocycles. The Labute approximate surface area is 120 Å². The van der Waals surface area contributed by atoms with Gasteiger partial charge in [0.25, 0.3) is 0 Å². The van der Waals surface area contributed by atoms with Crippen molar-refractivity contribution in [3.63, 3.8) is 0 Å². The fourth-order valence-electron chi connectivity index (χ4n) is 2.78. The van der Waals surface area contributed by atoms with Crippen molar-refractivity contribution in [3.8, 4) is 0 Å². The summed E-state index contributed by atoms with van der Waals surface area (Å²) in [4.78, 5) is 22.3. The Bertz CT molecular complexity index is 455. The van der Waals surface area contributed by atoms with E-state index in [0.717, 1.165) is 43.4 Å². The van der Waals surface area contributed by atoms with Crippen LogP contribution in [0.4, 0.5) is 5.95 Å². The van der Waals surface area contributed by atoms with Crippen LogP contribution in [-0.4, -0.2) is 35.5 Å². The number of hydrogen-bond donors (Lipinski definition) is 1. The second-order valence-corrected chi connectivity index (χ2v) is 5.68. The Hall–Kier alpha value is -1.65. The van der Waals surface area contributed by atoms with Crippen LogP contribution in [-0.2, 0) is 4.79 Å². The van der Waals surface area contributed by atoms with Crippen LogP contribution in [0.1, 0.15) is 37.6 Å². The smallest absolute Gasteiger partial charge is 0.225 e. The van der Waals surface area contributed by atoms with Crippen LogP contribution >= 0.6 is 0 Å². The largest absolute Gasteiger partial charge is 0.356 e. The van der Waals surface area contributed by atoms with Crippen molar-refractivity contribution < 1.29 is 4.79 Å². The molecule has 5 nitrogen and oxygen atoms in total. The lowest BCUT2D eigenvalue weighted by Crippen LogP contribution is -2.38. The summed E-state index contributed by atoms with van der Waals surface area (Å²) in [5, 5.41) is 2.88. The Kier molecular flexibility index (Phi) is 4.93. The standard InChI is InChI=1S/C15H24N4O/c1-11-9-12(2)18-15(17-11)19-8-4-5-14(10-19)6-7-16-13(3)20/h9,14H,4-8,10H2,1-3H3,(H,16,20). The molecule has 0 spiro atoms. The Morgan fingerprint density at radius 1 is 1.40 bits per heavy atom. The third-order valence-electron chi connectivity index (χ3n) is 3.70. The topological polar surface area (TPSA) is 58.1 Å². The lowest BCUT2D eigenvalue weighted by Gasteiger charge is -2.33. The van der Waals surface area contributed by atoms with Crippen molar-refractivity contribution in [2.75, 3.05) is 24.5 Å². The first-order valence-electron chi connectivity index (χ1n) is 7.36. The molecule has 20 heavy (non-hydrogen) atoms. The molecule has 1 fully saturated rings. The maximum atomic E-state index is 10.9. The van der Waals surface area contributed by atoms with Crippen molar-refractivity contribution in [2.24, 2.45) is 5.92 Å². The van der Waals surface area contributed by atoms with E-state index in [4.69, 9.17) is 0 Å². The second-order valence-electron chi connectivity index (χ2n) is 5.68. The Morgan fingerprint density at radius 3 is 2.75 bits per heavy atom. The molecule has 2 heterocycles. The zero-order chi connectivity index (χ0) is 14.5. The minimum Gasteiger partial charge on any atom is -0.356 e. The molecule has 0 radical (unpaired) electrons. The summed E-state index contributed by atoms with van der Waals surface area (Å²) in [6, 6.07) is 2.00. The van der Waals surface area contributed by atoms with Gasteiger partial charge in [-0.2, -0.15) is 0 Å². The van der Waals surface area contributed by atoms with E-state index >= 15 is 0 Å². The number of anilines is 1. The van der Waals surface area contributed by atoms with Gasteiger partial charge in [-0.15, -0.1) is 0 Å². The van der Waals surface area contributed by atoms with Gasteiger partial charge < -0.3 is 10.2 Å². The highest BCUT2D eigenvalue weighted by Gasteiger charge is 2.21. The maximum Gasteiger partial charge on any atom is 0.225 e. The van der Waals surface area contributed by atoms with Gasteiger partial charge in [0, 0.05) is 37.9 Å². The third kappa shape index (κ3) is 4.18. The molecule has 0 aromatic carbocycles. The Balaban J connectivity index is 1.94. The van der Waals surface area contributed by atoms with Crippen LogP contribution < -0.4 is 10.2 Å². The first-order chi connectivity index (χ1) is 9.54. The van der Waals surface area contributed by atoms with Gasteiger partial charge in [-0.3, -0.25) is 4.79 Å². The summed E-state index contributed by atoms with van der Waals surface area (Å²) in [5.74, 6) is 1.52. The number of nitrogens with one attached hydrogen (secondary N) is 1. The normalized spacial score (nSPS) is 18.9. The van der Waals surface area contributed by atoms with E-state index in [1.165, 1.54) is 12.8 Å². The molecule has 1 aliphatic heterocycles. The van der Waals surface area contributed by atoms with Gasteiger partial charge >= 0.3 is 0 Å². The fourth-order valence-corrected chi connectivity index (χ4v) is 2.78. The molecular formula is C15H24N4O. The lowest BCUT2D eigenvalue weighted by molar-refractivity contribution is -0.119. The summed E-state index contributed by atoms with van der Waals surface area (Å²) in [7, 11) is 0. The molecule has 1 N–H and O–H groups in total. The predicted molar refractivity (Wildman–Crippen MR) is 79.7 cm³/mol. The molecule has 1 atom stereocenters. The van der Waals surface area contributed by atoms with Gasteiger partial charge in [-0.05, 0) is 45.1 Å². The summed E-state index contributed by atoms with van der Waals surface area (Å²) >= 11 is 0. The lowest BCUT2D eigenvalue weighted by atomic mass is 9.95. The van der Waals surface area contributed by atoms with Gasteiger partial charge in [-0.1, -0.05) is 0 Å². The number of aryl methyl sites for hydroxylation is 2. The molecule has 5 heteroatoms. The van der Waals surface area contributed by atoms with E-state index in [1.807, 2.05) is 19.9 Å². The molecule has 110 valence electrons. The van der Waals surface area contributed by atoms with E-state index in [2.05, 4.69) is 20.2 Å². The predicted octanol–water partition coefficient (Wildman–Crippen LogP) is 1.84. The average molecular weight is 276 g/mol. The van der Waals surface area contributed by atoms with Gasteiger partial charge in [-0.25, -0.2) is 9.97 Å². The van der Waals surface area contributed by atoms with Crippen molar-refractivity contribution >= 4 is 11.9 Å². The molecule has 1 amide bonds. The van der Waals surface area contributed by atoms with Gasteiger partial charge in [0.1, 0.15) is 0 Å². The number of hydrogen-bond acceptors (Lipinski definition) is 4. The minimum absolute atomic E-state index is 0.0512. The van der Waals surface area contributed by atoms with E-state index < -0.39 is 0 Å². The van der Waals surface area contributed by atoms with Gasteiger partial charge in [0.05, 0.1) is 0 Å². The number of carbonyl (C=O) groups is 1. The van der Waals surface area contributed by atoms with Crippen molar-refractivity contribution in [1.82, 2.24) is 15.3 Å². The second kappa shape index (κ2) is 6.68. The highest BCUT2D eigenvalue weighted by atomic mass is 16.1. The number of nitrogens with zero attached hydrogens (tertiary/aromatic N) is 3. The van der Waals surface area contributed by atoms with Crippen molar-refractivity contribution in [1.29, 1.82) is 0 Å². The van der Waals surface area contributed by atoms with Crippen LogP contribution in [0.3, 0.4) is 0 Å². The van der Waals surface area contributed by atoms with Crippen LogP contribution in [0.25, 0.3) is 0 Å². The van der Waals surface area contributed by atoms with E-state index in [1.54, 1.807) is 6.92 Å². The van der Waals surface area contributed by atoms with Crippen LogP contribution in [0.2, 0.25) is 0 Å². The zero-order valence-electron chi connectivity index (χ0n) is 12.6. The molecule has 0 bridgehead atoms. The van der Waals surface area contributed by atoms with Gasteiger partial charge in [0.15, 0.2) is 0 Å². The number of aromatic nitrogens is 2. The quantitative estimate of drug-likeness (QED) is 0.911. The van der Waals surface area contributed by atoms with Crippen molar-refractivity contribution in [2.45, 2.75) is 40.0 Å². The minimum atomic E-state index is 0.0512. The fraction of sp³-hybridized carbons (Fsp3) is 0.667. The molecule has 1 aromatic heterocycles. The maximum absolute atomic E-state index is 10.9. The number of carbonyl (C=O) groups excluding carboxylic acids is 1. The molecular weight excluding hydrogens is 252 g/mol. The van der Waals surface area contributed by atoms with Crippen LogP contribution in [0.15, 0.2) is 6.07 Å². The zero-order valence-corrected chi connectivity index (χ0v) is 12.6. The highest BCUT2D eigenvalue weighted by molar-refractivity contribution is 5.72. The first-order valence-corrected chi connectivity index (χ1v) is 7.36. The van der Waals surface area contributed by atoms with E-state index in [0.29, 0.717) is 5.92 Å². The van der Waals surface area contributed by atoms with Crippen molar-refractivity contribution in [3.05, 3.63) is 17.5 Å². The highest BCUT2D eigenvalue weighted by Crippen LogP contribution is 2.22. The summed E-state index contributed by atoms with van der Waals surface area (Å²) < 4.78 is 0. The summed E-state index contributed by atoms with van der Waals surface area (Å²) in [5.41, 5.74) is 2.04. The molecule has 1 unspecified atom stereocenters. The number of rotatable bonds is 4. The molecule has 2 rings (SSSR count). The molecule has 1 saturated heterocycles. The summed E-state index contributed by atoms with van der Waals surface area (Å²) in [6.07, 6.45) is 3.42. The van der Waals surface area contributed by atoms with Crippen LogP contribution in [0.5, 0.6) is 0 Å². The monoisotopic (exact) mass is 276 g/mol. The third-order valence-corrected chi connectivity index (χ3v) is 3.70. The van der Waals surface area contributed by atoms with E-state index in [-0.39, 0.29) is 5.91 Å². The SMILES string of the molecule is CC(=O)NCCC1CCCN(c2nc(C)cc(C)n2)C1. The van der Waals surface area contributed by atoms with E-state index in [9.17, 15) is 4.79 Å². The molecule has 0 aliphatic carbocycles. The van der Waals surface area contributed by atoms with Crippen LogP contribution in [0, 0.1) is 19.8 Å². The number of amides is 1. The average Bonchev–Trinajstić information content (AvgIpc) is 2.37. The summed E-state index contributed by atoms with van der Waals surface area (Å²) in [6.45, 7) is 8.37. The first kappa shape index (κ1) is 14.8. The number of piperidine rings is 1.